The molecule has 0 saturated heterocycles. The third-order valence-electron chi connectivity index (χ3n) is 7.70. The summed E-state index contributed by atoms with van der Waals surface area (Å²) in [6.07, 6.45) is 2.00. The molecule has 3 heteroatoms. The van der Waals surface area contributed by atoms with Gasteiger partial charge in [-0.25, -0.2) is 4.98 Å². The molecule has 1 heterocycles. The monoisotopic (exact) mass is 569 g/mol. The SMILES string of the molecule is CC(C)(C)c1ccc(-c2cc(/C=C/P(=O)(c3ccccc3)c3ccccc3)cc(-c3ccc(C(C)(C)C)cc3)n2)cc1. The number of hydrogen-bond acceptors (Lipinski definition) is 2. The first-order chi connectivity index (χ1) is 19.9. The number of hydrogen-bond donors (Lipinski definition) is 0. The molecule has 0 fully saturated rings. The first kappa shape index (κ1) is 29.5. The van der Waals surface area contributed by atoms with Gasteiger partial charge in [0.25, 0.3) is 0 Å². The predicted octanol–water partition coefficient (Wildman–Crippen LogP) is 10.00. The lowest BCUT2D eigenvalue weighted by molar-refractivity contribution is 0.590. The van der Waals surface area contributed by atoms with E-state index in [9.17, 15) is 4.57 Å². The van der Waals surface area contributed by atoms with Gasteiger partial charge in [-0.05, 0) is 45.5 Å². The van der Waals surface area contributed by atoms with Gasteiger partial charge >= 0.3 is 0 Å². The van der Waals surface area contributed by atoms with Gasteiger partial charge in [-0.2, -0.15) is 0 Å². The van der Waals surface area contributed by atoms with Crippen molar-refractivity contribution in [3.05, 3.63) is 144 Å². The summed E-state index contributed by atoms with van der Waals surface area (Å²) in [5.74, 6) is 1.89. The molecule has 0 bridgehead atoms. The maximum absolute atomic E-state index is 14.7. The van der Waals surface area contributed by atoms with E-state index in [2.05, 4.69) is 102 Å². The highest BCUT2D eigenvalue weighted by molar-refractivity contribution is 7.81. The van der Waals surface area contributed by atoms with Crippen molar-refractivity contribution in [2.45, 2.75) is 52.4 Å². The first-order valence-electron chi connectivity index (χ1n) is 14.6. The molecule has 212 valence electrons. The third-order valence-corrected chi connectivity index (χ3v) is 10.4. The van der Waals surface area contributed by atoms with Crippen LogP contribution in [0, 0.1) is 0 Å². The van der Waals surface area contributed by atoms with Gasteiger partial charge in [0.05, 0.1) is 11.4 Å². The minimum absolute atomic E-state index is 0.0759. The van der Waals surface area contributed by atoms with Gasteiger partial charge in [-0.1, -0.05) is 157 Å². The van der Waals surface area contributed by atoms with E-state index in [4.69, 9.17) is 4.98 Å². The largest absolute Gasteiger partial charge is 0.309 e. The van der Waals surface area contributed by atoms with Crippen LogP contribution in [0.1, 0.15) is 58.2 Å². The van der Waals surface area contributed by atoms with Crippen LogP contribution in [0.15, 0.2) is 127 Å². The topological polar surface area (TPSA) is 30.0 Å². The molecule has 0 saturated carbocycles. The fourth-order valence-corrected chi connectivity index (χ4v) is 7.29. The Morgan fingerprint density at radius 1 is 0.548 bits per heavy atom. The zero-order valence-electron chi connectivity index (χ0n) is 25.5. The van der Waals surface area contributed by atoms with Crippen LogP contribution < -0.4 is 10.6 Å². The standard InChI is InChI=1S/C39H40NOP/c1-38(2,3)32-21-17-30(18-22-32)36-27-29(28-37(40-36)31-19-23-33(24-20-31)39(4,5)6)25-26-42(41,34-13-9-7-10-14-34)35-15-11-8-12-16-35/h7-28H,1-6H3/b26-25+. The van der Waals surface area contributed by atoms with Crippen LogP contribution in [0.5, 0.6) is 0 Å². The zero-order valence-corrected chi connectivity index (χ0v) is 26.4. The van der Waals surface area contributed by atoms with Crippen molar-refractivity contribution in [2.24, 2.45) is 0 Å². The van der Waals surface area contributed by atoms with Crippen LogP contribution in [-0.2, 0) is 15.4 Å². The van der Waals surface area contributed by atoms with Gasteiger partial charge in [0, 0.05) is 21.7 Å². The van der Waals surface area contributed by atoms with E-state index < -0.39 is 7.14 Å². The molecular formula is C39H40NOP. The van der Waals surface area contributed by atoms with Gasteiger partial charge < -0.3 is 4.57 Å². The number of aromatic nitrogens is 1. The van der Waals surface area contributed by atoms with Crippen molar-refractivity contribution < 1.29 is 4.57 Å². The fraction of sp³-hybridized carbons (Fsp3) is 0.205. The molecule has 4 aromatic carbocycles. The maximum atomic E-state index is 14.7. The van der Waals surface area contributed by atoms with Crippen LogP contribution in [0.25, 0.3) is 28.6 Å². The molecule has 0 aliphatic carbocycles. The summed E-state index contributed by atoms with van der Waals surface area (Å²) in [5, 5.41) is 1.63. The van der Waals surface area contributed by atoms with Gasteiger partial charge in [-0.15, -0.1) is 0 Å². The lowest BCUT2D eigenvalue weighted by atomic mass is 9.86. The Labute approximate surface area is 251 Å². The quantitative estimate of drug-likeness (QED) is 0.191. The third kappa shape index (κ3) is 6.56. The number of benzene rings is 4. The number of nitrogens with zero attached hydrogens (tertiary/aromatic N) is 1. The Hall–Kier alpha value is -4.00. The smallest absolute Gasteiger partial charge is 0.164 e. The van der Waals surface area contributed by atoms with Gasteiger partial charge in [0.1, 0.15) is 0 Å². The molecule has 1 aromatic heterocycles. The average Bonchev–Trinajstić information content (AvgIpc) is 3.00. The molecule has 5 rings (SSSR count). The van der Waals surface area contributed by atoms with Crippen molar-refractivity contribution >= 4 is 23.8 Å². The van der Waals surface area contributed by atoms with Crippen molar-refractivity contribution in [3.8, 4) is 22.5 Å². The van der Waals surface area contributed by atoms with E-state index in [0.29, 0.717) is 0 Å². The second-order valence-electron chi connectivity index (χ2n) is 13.0. The van der Waals surface area contributed by atoms with Crippen LogP contribution >= 0.6 is 7.14 Å². The Morgan fingerprint density at radius 2 is 0.929 bits per heavy atom. The Morgan fingerprint density at radius 3 is 1.29 bits per heavy atom. The maximum Gasteiger partial charge on any atom is 0.164 e. The molecule has 5 aromatic rings. The van der Waals surface area contributed by atoms with Crippen LogP contribution in [-0.4, -0.2) is 4.98 Å². The molecular weight excluding hydrogens is 529 g/mol. The summed E-state index contributed by atoms with van der Waals surface area (Å²) in [5.41, 5.74) is 7.57. The average molecular weight is 570 g/mol. The molecule has 0 N–H and O–H groups in total. The van der Waals surface area contributed by atoms with E-state index in [0.717, 1.165) is 38.7 Å². The highest BCUT2D eigenvalue weighted by Gasteiger charge is 2.24. The fourth-order valence-electron chi connectivity index (χ4n) is 5.04. The molecule has 0 aliphatic rings. The second-order valence-corrected chi connectivity index (χ2v) is 15.6. The van der Waals surface area contributed by atoms with Gasteiger partial charge in [-0.3, -0.25) is 0 Å². The van der Waals surface area contributed by atoms with E-state index in [1.807, 2.05) is 72.6 Å². The molecule has 42 heavy (non-hydrogen) atoms. The van der Waals surface area contributed by atoms with Crippen LogP contribution in [0.3, 0.4) is 0 Å². The lowest BCUT2D eigenvalue weighted by Crippen LogP contribution is -2.13. The molecule has 0 unspecified atom stereocenters. The summed E-state index contributed by atoms with van der Waals surface area (Å²) in [4.78, 5) is 5.12. The number of pyridine rings is 1. The summed E-state index contributed by atoms with van der Waals surface area (Å²) < 4.78 is 14.7. The van der Waals surface area contributed by atoms with E-state index in [-0.39, 0.29) is 10.8 Å². The summed E-state index contributed by atoms with van der Waals surface area (Å²) in [6, 6.07) is 41.1. The predicted molar refractivity (Wildman–Crippen MR) is 181 cm³/mol. The van der Waals surface area contributed by atoms with Crippen molar-refractivity contribution in [3.63, 3.8) is 0 Å². The normalized spacial score (nSPS) is 12.5. The zero-order chi connectivity index (χ0) is 30.0. The van der Waals surface area contributed by atoms with Crippen LogP contribution in [0.4, 0.5) is 0 Å². The van der Waals surface area contributed by atoms with Crippen molar-refractivity contribution in [1.29, 1.82) is 0 Å². The summed E-state index contributed by atoms with van der Waals surface area (Å²) >= 11 is 0. The Balaban J connectivity index is 1.63. The van der Waals surface area contributed by atoms with E-state index in [1.165, 1.54) is 11.1 Å². The Bertz CT molecular complexity index is 1600. The van der Waals surface area contributed by atoms with Gasteiger partial charge in [0.2, 0.25) is 0 Å². The van der Waals surface area contributed by atoms with Crippen LogP contribution in [0.2, 0.25) is 0 Å². The summed E-state index contributed by atoms with van der Waals surface area (Å²) in [6.45, 7) is 13.3. The highest BCUT2D eigenvalue weighted by atomic mass is 31.2. The minimum atomic E-state index is -3.02. The second kappa shape index (κ2) is 11.7. The molecule has 0 spiro atoms. The van der Waals surface area contributed by atoms with Crippen molar-refractivity contribution in [1.82, 2.24) is 4.98 Å². The highest BCUT2D eigenvalue weighted by Crippen LogP contribution is 2.45. The molecule has 0 radical (unpaired) electrons. The van der Waals surface area contributed by atoms with E-state index >= 15 is 0 Å². The Kier molecular flexibility index (Phi) is 8.22. The lowest BCUT2D eigenvalue weighted by Gasteiger charge is -2.20. The molecule has 2 nitrogen and oxygen atoms in total. The molecule has 0 atom stereocenters. The number of rotatable bonds is 6. The molecule has 0 aliphatic heterocycles. The molecule has 0 amide bonds. The van der Waals surface area contributed by atoms with Gasteiger partial charge in [0.15, 0.2) is 7.14 Å². The summed E-state index contributed by atoms with van der Waals surface area (Å²) in [7, 11) is -3.02. The van der Waals surface area contributed by atoms with E-state index in [1.54, 1.807) is 0 Å². The van der Waals surface area contributed by atoms with Crippen molar-refractivity contribution in [2.75, 3.05) is 0 Å². The minimum Gasteiger partial charge on any atom is -0.309 e. The first-order valence-corrected chi connectivity index (χ1v) is 16.4.